The highest BCUT2D eigenvalue weighted by Gasteiger charge is 2.09. The zero-order valence-corrected chi connectivity index (χ0v) is 18.8. The van der Waals surface area contributed by atoms with Gasteiger partial charge in [0.2, 0.25) is 5.91 Å². The third-order valence-electron chi connectivity index (χ3n) is 4.68. The fourth-order valence-electron chi connectivity index (χ4n) is 3.18. The Balaban J connectivity index is 1.65. The smallest absolute Gasteiger partial charge is 0.250 e. The van der Waals surface area contributed by atoms with E-state index in [0.717, 1.165) is 46.4 Å². The molecule has 3 aromatic rings. The predicted molar refractivity (Wildman–Crippen MR) is 125 cm³/mol. The third kappa shape index (κ3) is 5.60. The van der Waals surface area contributed by atoms with E-state index in [-0.39, 0.29) is 5.91 Å². The molecule has 2 aromatic carbocycles. The minimum Gasteiger partial charge on any atom is -0.493 e. The Hall–Kier alpha value is -2.86. The Morgan fingerprint density at radius 3 is 2.77 bits per heavy atom. The summed E-state index contributed by atoms with van der Waals surface area (Å²) in [5.41, 5.74) is 4.09. The molecule has 0 aliphatic rings. The molecule has 1 heterocycles. The van der Waals surface area contributed by atoms with Crippen LogP contribution in [0, 0.1) is 13.8 Å². The summed E-state index contributed by atoms with van der Waals surface area (Å²) in [6, 6.07) is 9.83. The highest BCUT2D eigenvalue weighted by atomic mass is 32.1. The van der Waals surface area contributed by atoms with Gasteiger partial charge in [0.05, 0.1) is 23.9 Å². The van der Waals surface area contributed by atoms with Crippen molar-refractivity contribution in [3.05, 3.63) is 53.1 Å². The monoisotopic (exact) mass is 424 g/mol. The highest BCUT2D eigenvalue weighted by Crippen LogP contribution is 2.30. The van der Waals surface area contributed by atoms with E-state index in [1.165, 1.54) is 23.0 Å². The lowest BCUT2D eigenvalue weighted by Gasteiger charge is -2.11. The van der Waals surface area contributed by atoms with Crippen LogP contribution in [0.25, 0.3) is 16.3 Å². The van der Waals surface area contributed by atoms with E-state index < -0.39 is 0 Å². The first kappa shape index (κ1) is 21.8. The van der Waals surface area contributed by atoms with Crippen molar-refractivity contribution in [2.24, 2.45) is 0 Å². The van der Waals surface area contributed by atoms with Gasteiger partial charge < -0.3 is 9.47 Å². The summed E-state index contributed by atoms with van der Waals surface area (Å²) in [7, 11) is 1.62. The average Bonchev–Trinajstić information content (AvgIpc) is 3.12. The molecule has 3 rings (SSSR count). The molecule has 1 aromatic heterocycles. The highest BCUT2D eigenvalue weighted by molar-refractivity contribution is 7.22. The summed E-state index contributed by atoms with van der Waals surface area (Å²) in [5.74, 6) is 1.16. The number of hydrogen-bond acceptors (Lipinski definition) is 5. The summed E-state index contributed by atoms with van der Waals surface area (Å²) in [6.45, 7) is 6.92. The molecule has 1 amide bonds. The van der Waals surface area contributed by atoms with E-state index in [0.29, 0.717) is 17.5 Å². The molecule has 30 heavy (non-hydrogen) atoms. The number of aromatic nitrogens is 1. The molecular formula is C24H28N2O3S. The number of nitrogens with zero attached hydrogens (tertiary/aromatic N) is 1. The van der Waals surface area contributed by atoms with E-state index in [1.807, 2.05) is 25.1 Å². The van der Waals surface area contributed by atoms with Gasteiger partial charge in [-0.05, 0) is 61.2 Å². The molecule has 0 bridgehead atoms. The molecule has 0 saturated carbocycles. The van der Waals surface area contributed by atoms with Crippen molar-refractivity contribution >= 4 is 38.7 Å². The first-order valence-electron chi connectivity index (χ1n) is 10.2. The van der Waals surface area contributed by atoms with Gasteiger partial charge in [0.1, 0.15) is 0 Å². The number of carbonyl (C=O) groups excluding carboxylic acids is 1. The summed E-state index contributed by atoms with van der Waals surface area (Å²) in [6.07, 6.45) is 6.57. The van der Waals surface area contributed by atoms with Gasteiger partial charge in [-0.3, -0.25) is 10.1 Å². The maximum Gasteiger partial charge on any atom is 0.250 e. The molecule has 0 fully saturated rings. The van der Waals surface area contributed by atoms with Crippen LogP contribution in [-0.2, 0) is 4.79 Å². The van der Waals surface area contributed by atoms with Crippen molar-refractivity contribution in [2.45, 2.75) is 40.0 Å². The summed E-state index contributed by atoms with van der Waals surface area (Å²) in [4.78, 5) is 16.9. The molecule has 1 N–H and O–H groups in total. The van der Waals surface area contributed by atoms with Crippen LogP contribution in [-0.4, -0.2) is 24.6 Å². The van der Waals surface area contributed by atoms with Gasteiger partial charge in [0.25, 0.3) is 0 Å². The van der Waals surface area contributed by atoms with Crippen molar-refractivity contribution in [2.75, 3.05) is 19.0 Å². The Bertz CT molecular complexity index is 1060. The van der Waals surface area contributed by atoms with Gasteiger partial charge in [-0.2, -0.15) is 0 Å². The lowest BCUT2D eigenvalue weighted by molar-refractivity contribution is -0.111. The second kappa shape index (κ2) is 10.3. The molecule has 0 atom stereocenters. The van der Waals surface area contributed by atoms with Crippen LogP contribution in [0.5, 0.6) is 11.5 Å². The Labute approximate surface area is 181 Å². The predicted octanol–water partition coefficient (Wildman–Crippen LogP) is 6.14. The Kier molecular flexibility index (Phi) is 7.46. The minimum absolute atomic E-state index is 0.220. The standard InChI is InChI=1S/C24H28N2O3S/c1-5-6-7-12-29-19-10-8-18(15-20(19)28-4)9-11-22(27)25-24-26-23-17(3)13-16(2)14-21(23)30-24/h8-11,13-15H,5-7,12H2,1-4H3,(H,25,26,27)/b11-9+. The number of aryl methyl sites for hydroxylation is 2. The first-order chi connectivity index (χ1) is 14.5. The number of carbonyl (C=O) groups is 1. The van der Waals surface area contributed by atoms with Crippen LogP contribution >= 0.6 is 11.3 Å². The van der Waals surface area contributed by atoms with E-state index in [1.54, 1.807) is 13.2 Å². The third-order valence-corrected chi connectivity index (χ3v) is 5.60. The van der Waals surface area contributed by atoms with Crippen molar-refractivity contribution in [3.63, 3.8) is 0 Å². The number of methoxy groups -OCH3 is 1. The molecule has 0 unspecified atom stereocenters. The van der Waals surface area contributed by atoms with Crippen molar-refractivity contribution in [1.82, 2.24) is 4.98 Å². The number of thiazole rings is 1. The quantitative estimate of drug-likeness (QED) is 0.331. The van der Waals surface area contributed by atoms with Crippen LogP contribution in [0.3, 0.4) is 0 Å². The van der Waals surface area contributed by atoms with Crippen LogP contribution in [0.1, 0.15) is 42.9 Å². The molecule has 5 nitrogen and oxygen atoms in total. The summed E-state index contributed by atoms with van der Waals surface area (Å²) >= 11 is 1.48. The van der Waals surface area contributed by atoms with Gasteiger partial charge >= 0.3 is 0 Å². The van der Waals surface area contributed by atoms with Crippen LogP contribution in [0.4, 0.5) is 5.13 Å². The molecular weight excluding hydrogens is 396 g/mol. The minimum atomic E-state index is -0.220. The van der Waals surface area contributed by atoms with Crippen LogP contribution in [0.2, 0.25) is 0 Å². The number of amides is 1. The number of benzene rings is 2. The first-order valence-corrected chi connectivity index (χ1v) is 11.0. The van der Waals surface area contributed by atoms with Crippen LogP contribution < -0.4 is 14.8 Å². The van der Waals surface area contributed by atoms with E-state index in [9.17, 15) is 4.79 Å². The normalized spacial score (nSPS) is 11.2. The van der Waals surface area contributed by atoms with Crippen molar-refractivity contribution in [3.8, 4) is 11.5 Å². The second-order valence-electron chi connectivity index (χ2n) is 7.24. The summed E-state index contributed by atoms with van der Waals surface area (Å²) in [5, 5.41) is 3.45. The lowest BCUT2D eigenvalue weighted by Crippen LogP contribution is -2.07. The van der Waals surface area contributed by atoms with Gasteiger partial charge in [-0.1, -0.05) is 43.2 Å². The molecule has 0 radical (unpaired) electrons. The van der Waals surface area contributed by atoms with E-state index in [2.05, 4.69) is 36.3 Å². The number of ether oxygens (including phenoxy) is 2. The fourth-order valence-corrected chi connectivity index (χ4v) is 4.23. The van der Waals surface area contributed by atoms with Gasteiger partial charge in [-0.15, -0.1) is 0 Å². The van der Waals surface area contributed by atoms with Gasteiger partial charge in [0.15, 0.2) is 16.6 Å². The number of anilines is 1. The van der Waals surface area contributed by atoms with Crippen molar-refractivity contribution < 1.29 is 14.3 Å². The molecule has 0 aliphatic carbocycles. The maximum absolute atomic E-state index is 12.4. The fraction of sp³-hybridized carbons (Fsp3) is 0.333. The zero-order chi connectivity index (χ0) is 21.5. The zero-order valence-electron chi connectivity index (χ0n) is 18.0. The van der Waals surface area contributed by atoms with E-state index in [4.69, 9.17) is 9.47 Å². The average molecular weight is 425 g/mol. The molecule has 158 valence electrons. The Morgan fingerprint density at radius 1 is 1.17 bits per heavy atom. The van der Waals surface area contributed by atoms with E-state index >= 15 is 0 Å². The number of unbranched alkanes of at least 4 members (excludes halogenated alkanes) is 2. The Morgan fingerprint density at radius 2 is 2.00 bits per heavy atom. The number of fused-ring (bicyclic) bond motifs is 1. The molecule has 0 saturated heterocycles. The molecule has 0 spiro atoms. The second-order valence-corrected chi connectivity index (χ2v) is 8.27. The molecule has 6 heteroatoms. The number of hydrogen-bond donors (Lipinski definition) is 1. The maximum atomic E-state index is 12.4. The van der Waals surface area contributed by atoms with Gasteiger partial charge in [0, 0.05) is 6.08 Å². The summed E-state index contributed by atoms with van der Waals surface area (Å²) < 4.78 is 12.3. The number of rotatable bonds is 9. The van der Waals surface area contributed by atoms with Crippen LogP contribution in [0.15, 0.2) is 36.4 Å². The lowest BCUT2D eigenvalue weighted by atomic mass is 10.1. The number of nitrogens with one attached hydrogen (secondary N) is 1. The molecule has 0 aliphatic heterocycles. The van der Waals surface area contributed by atoms with Crippen molar-refractivity contribution in [1.29, 1.82) is 0 Å². The topological polar surface area (TPSA) is 60.5 Å². The largest absolute Gasteiger partial charge is 0.493 e. The van der Waals surface area contributed by atoms with Gasteiger partial charge in [-0.25, -0.2) is 4.98 Å². The SMILES string of the molecule is CCCCCOc1ccc(/C=C/C(=O)Nc2nc3c(C)cc(C)cc3s2)cc1OC.